The van der Waals surface area contributed by atoms with Gasteiger partial charge in [0.25, 0.3) is 0 Å². The number of carboxylic acids is 1. The monoisotopic (exact) mass is 522 g/mol. The Bertz CT molecular complexity index is 969. The molecule has 0 radical (unpaired) electrons. The van der Waals surface area contributed by atoms with E-state index in [0.717, 1.165) is 0 Å². The van der Waals surface area contributed by atoms with Gasteiger partial charge in [0.2, 0.25) is 23.6 Å². The molecule has 0 aliphatic carbocycles. The van der Waals surface area contributed by atoms with Crippen molar-refractivity contribution in [1.29, 1.82) is 0 Å². The van der Waals surface area contributed by atoms with Crippen molar-refractivity contribution < 1.29 is 34.2 Å². The molecule has 0 fully saturated rings. The van der Waals surface area contributed by atoms with Gasteiger partial charge in [0.05, 0.1) is 19.1 Å². The van der Waals surface area contributed by atoms with Crippen LogP contribution in [0.15, 0.2) is 35.3 Å². The molecule has 0 saturated heterocycles. The SMILES string of the molecule is NC(=O)CC(N)C(=O)NC(CO)C(=O)NC(CCCN=C(N)N)C(=O)NC(Cc1ccccc1)C(=O)O. The lowest BCUT2D eigenvalue weighted by Gasteiger charge is -2.24. The summed E-state index contributed by atoms with van der Waals surface area (Å²) in [5.74, 6) is -4.97. The lowest BCUT2D eigenvalue weighted by atomic mass is 10.0. The number of carbonyl (C=O) groups is 5. The molecule has 15 nitrogen and oxygen atoms in total. The zero-order valence-electron chi connectivity index (χ0n) is 20.1. The first kappa shape index (κ1) is 30.8. The van der Waals surface area contributed by atoms with Crippen molar-refractivity contribution >= 4 is 35.6 Å². The summed E-state index contributed by atoms with van der Waals surface area (Å²) in [6.07, 6.45) is -0.269. The lowest BCUT2D eigenvalue weighted by Crippen LogP contribution is -2.58. The predicted molar refractivity (Wildman–Crippen MR) is 132 cm³/mol. The highest BCUT2D eigenvalue weighted by Crippen LogP contribution is 2.06. The molecule has 4 unspecified atom stereocenters. The number of hydrogen-bond acceptors (Lipinski definition) is 8. The molecule has 0 saturated carbocycles. The number of carboxylic acid groups (broad SMARTS) is 1. The van der Waals surface area contributed by atoms with Crippen LogP contribution in [0.3, 0.4) is 0 Å². The smallest absolute Gasteiger partial charge is 0.326 e. The molecule has 0 bridgehead atoms. The second-order valence-corrected chi connectivity index (χ2v) is 8.12. The number of nitrogens with two attached hydrogens (primary N) is 4. The summed E-state index contributed by atoms with van der Waals surface area (Å²) in [5, 5.41) is 26.1. The van der Waals surface area contributed by atoms with E-state index in [1.54, 1.807) is 30.3 Å². The number of nitrogens with zero attached hydrogens (tertiary/aromatic N) is 1. The number of primary amides is 1. The molecule has 13 N–H and O–H groups in total. The van der Waals surface area contributed by atoms with E-state index in [9.17, 15) is 34.2 Å². The van der Waals surface area contributed by atoms with Gasteiger partial charge in [-0.15, -0.1) is 0 Å². The third kappa shape index (κ3) is 11.8. The maximum atomic E-state index is 13.0. The Morgan fingerprint density at radius 1 is 0.865 bits per heavy atom. The number of aliphatic imine (C=N–C) groups is 1. The summed E-state index contributed by atoms with van der Waals surface area (Å²) in [4.78, 5) is 64.4. The molecule has 15 heteroatoms. The molecule has 1 aromatic rings. The van der Waals surface area contributed by atoms with Gasteiger partial charge < -0.3 is 49.1 Å². The number of nitrogens with one attached hydrogen (secondary N) is 3. The van der Waals surface area contributed by atoms with Crippen LogP contribution >= 0.6 is 0 Å². The van der Waals surface area contributed by atoms with Crippen LogP contribution in [0.25, 0.3) is 0 Å². The van der Waals surface area contributed by atoms with Gasteiger partial charge in [-0.1, -0.05) is 30.3 Å². The van der Waals surface area contributed by atoms with Crippen LogP contribution in [-0.4, -0.2) is 83.1 Å². The first-order chi connectivity index (χ1) is 17.4. The number of amides is 4. The first-order valence-corrected chi connectivity index (χ1v) is 11.3. The highest BCUT2D eigenvalue weighted by Gasteiger charge is 2.30. The zero-order chi connectivity index (χ0) is 28.0. The van der Waals surface area contributed by atoms with Crippen molar-refractivity contribution in [2.75, 3.05) is 13.2 Å². The van der Waals surface area contributed by atoms with Crippen LogP contribution in [0.1, 0.15) is 24.8 Å². The average molecular weight is 523 g/mol. The first-order valence-electron chi connectivity index (χ1n) is 11.3. The Labute approximate surface area is 213 Å². The maximum Gasteiger partial charge on any atom is 0.326 e. The van der Waals surface area contributed by atoms with Crippen molar-refractivity contribution in [3.05, 3.63) is 35.9 Å². The number of aliphatic carboxylic acids is 1. The van der Waals surface area contributed by atoms with Crippen molar-refractivity contribution in [3.63, 3.8) is 0 Å². The molecule has 4 amide bonds. The van der Waals surface area contributed by atoms with Crippen molar-refractivity contribution in [3.8, 4) is 0 Å². The van der Waals surface area contributed by atoms with Crippen molar-refractivity contribution in [1.82, 2.24) is 16.0 Å². The van der Waals surface area contributed by atoms with Crippen LogP contribution in [0.4, 0.5) is 0 Å². The van der Waals surface area contributed by atoms with Gasteiger partial charge in [0, 0.05) is 13.0 Å². The molecular weight excluding hydrogens is 488 g/mol. The Balaban J connectivity index is 2.97. The van der Waals surface area contributed by atoms with Gasteiger partial charge in [-0.25, -0.2) is 4.79 Å². The fourth-order valence-corrected chi connectivity index (χ4v) is 3.15. The largest absolute Gasteiger partial charge is 0.480 e. The molecule has 1 rings (SSSR count). The van der Waals surface area contributed by atoms with Gasteiger partial charge in [-0.3, -0.25) is 24.2 Å². The highest BCUT2D eigenvalue weighted by atomic mass is 16.4. The van der Waals surface area contributed by atoms with Gasteiger partial charge >= 0.3 is 5.97 Å². The van der Waals surface area contributed by atoms with Gasteiger partial charge in [-0.05, 0) is 18.4 Å². The number of carbonyl (C=O) groups excluding carboxylic acids is 4. The standard InChI is InChI=1S/C22H34N8O7/c23-13(10-17(24)32)18(33)30-16(11-31)20(35)28-14(7-4-8-27-22(25)26)19(34)29-15(21(36)37)9-12-5-2-1-3-6-12/h1-3,5-6,13-16,31H,4,7-11,23H2,(H2,24,32)(H,28,35)(H,29,34)(H,30,33)(H,36,37)(H4,25,26,27). The van der Waals surface area contributed by atoms with E-state index in [1.807, 2.05) is 0 Å². The summed E-state index contributed by atoms with van der Waals surface area (Å²) >= 11 is 0. The van der Waals surface area contributed by atoms with Gasteiger partial charge in [0.15, 0.2) is 5.96 Å². The minimum Gasteiger partial charge on any atom is -0.480 e. The Hall–Kier alpha value is -4.24. The Morgan fingerprint density at radius 3 is 1.97 bits per heavy atom. The van der Waals surface area contributed by atoms with E-state index in [4.69, 9.17) is 22.9 Å². The Kier molecular flexibility index (Phi) is 13.1. The lowest BCUT2D eigenvalue weighted by molar-refractivity contribution is -0.142. The molecule has 0 heterocycles. The van der Waals surface area contributed by atoms with Gasteiger partial charge in [0.1, 0.15) is 18.1 Å². The van der Waals surface area contributed by atoms with E-state index in [-0.39, 0.29) is 31.8 Å². The molecule has 0 aliphatic rings. The fourth-order valence-electron chi connectivity index (χ4n) is 3.15. The van der Waals surface area contributed by atoms with Crippen molar-refractivity contribution in [2.24, 2.45) is 27.9 Å². The number of aliphatic hydroxyl groups excluding tert-OH is 1. The summed E-state index contributed by atoms with van der Waals surface area (Å²) < 4.78 is 0. The summed E-state index contributed by atoms with van der Waals surface area (Å²) in [5.41, 5.74) is 21.8. The summed E-state index contributed by atoms with van der Waals surface area (Å²) in [6, 6.07) is 3.19. The zero-order valence-corrected chi connectivity index (χ0v) is 20.1. The van der Waals surface area contributed by atoms with Crippen LogP contribution in [0.5, 0.6) is 0 Å². The van der Waals surface area contributed by atoms with Gasteiger partial charge in [-0.2, -0.15) is 0 Å². The van der Waals surface area contributed by atoms with E-state index in [2.05, 4.69) is 20.9 Å². The predicted octanol–water partition coefficient (Wildman–Crippen LogP) is -3.98. The van der Waals surface area contributed by atoms with Crippen LogP contribution in [-0.2, 0) is 30.4 Å². The van der Waals surface area contributed by atoms with E-state index >= 15 is 0 Å². The third-order valence-corrected chi connectivity index (χ3v) is 5.05. The molecule has 0 aliphatic heterocycles. The molecule has 0 aromatic heterocycles. The minimum atomic E-state index is -1.51. The highest BCUT2D eigenvalue weighted by molar-refractivity contribution is 5.95. The topological polar surface area (TPSA) is 278 Å². The van der Waals surface area contributed by atoms with E-state index in [0.29, 0.717) is 5.56 Å². The molecule has 4 atom stereocenters. The van der Waals surface area contributed by atoms with Crippen LogP contribution in [0, 0.1) is 0 Å². The number of guanidine groups is 1. The number of rotatable bonds is 16. The molecule has 37 heavy (non-hydrogen) atoms. The van der Waals surface area contributed by atoms with Crippen LogP contribution < -0.4 is 38.9 Å². The number of aliphatic hydroxyl groups is 1. The molecular formula is C22H34N8O7. The fraction of sp³-hybridized carbons (Fsp3) is 0.455. The number of benzene rings is 1. The second-order valence-electron chi connectivity index (χ2n) is 8.12. The molecule has 204 valence electrons. The third-order valence-electron chi connectivity index (χ3n) is 5.05. The summed E-state index contributed by atoms with van der Waals surface area (Å²) in [6.45, 7) is -0.731. The van der Waals surface area contributed by atoms with Crippen molar-refractivity contribution in [2.45, 2.75) is 49.9 Å². The number of hydrogen-bond donors (Lipinski definition) is 9. The quantitative estimate of drug-likeness (QED) is 0.0576. The normalized spacial score (nSPS) is 13.8. The minimum absolute atomic E-state index is 0.000681. The Morgan fingerprint density at radius 2 is 1.43 bits per heavy atom. The van der Waals surface area contributed by atoms with E-state index < -0.39 is 66.8 Å². The second kappa shape index (κ2) is 15.7. The summed E-state index contributed by atoms with van der Waals surface area (Å²) in [7, 11) is 0. The molecule has 0 spiro atoms. The van der Waals surface area contributed by atoms with Crippen LogP contribution in [0.2, 0.25) is 0 Å². The maximum absolute atomic E-state index is 13.0. The average Bonchev–Trinajstić information content (AvgIpc) is 2.83. The molecule has 1 aromatic carbocycles. The van der Waals surface area contributed by atoms with E-state index in [1.165, 1.54) is 0 Å².